The molecule has 0 spiro atoms. The molecular weight excluding hydrogens is 393 g/mol. The molecule has 1 aliphatic heterocycles. The topological polar surface area (TPSA) is 43.2 Å². The van der Waals surface area contributed by atoms with E-state index < -0.39 is 11.7 Å². The minimum absolute atomic E-state index is 0.00300. The van der Waals surface area contributed by atoms with Gasteiger partial charge in [0.05, 0.1) is 17.9 Å². The lowest BCUT2D eigenvalue weighted by atomic mass is 10.1. The van der Waals surface area contributed by atoms with Crippen LogP contribution in [-0.2, 0) is 17.3 Å². The number of rotatable bonds is 7. The van der Waals surface area contributed by atoms with Crippen LogP contribution in [0, 0.1) is 24.7 Å². The van der Waals surface area contributed by atoms with Crippen LogP contribution in [-0.4, -0.2) is 52.8 Å². The van der Waals surface area contributed by atoms with Crippen LogP contribution >= 0.6 is 0 Å². The Balaban J connectivity index is 1.41. The quantitative estimate of drug-likeness (QED) is 0.680. The minimum Gasteiger partial charge on any atom is -0.383 e. The lowest BCUT2D eigenvalue weighted by molar-refractivity contribution is -0.138. The fourth-order valence-electron chi connectivity index (χ4n) is 4.92. The van der Waals surface area contributed by atoms with Crippen LogP contribution in [0.3, 0.4) is 0 Å². The normalized spacial score (nSPS) is 26.2. The number of pyridine rings is 1. The SMILES string of the molecule is COCCN1C[C@@H]2[C@H](C1)[C@H]2n1cc(-c2cnc(C)c(C(F)(F)F)c2)nc1CC1CC1. The Morgan fingerprint density at radius 2 is 1.93 bits per heavy atom. The van der Waals surface area contributed by atoms with Gasteiger partial charge in [-0.25, -0.2) is 4.98 Å². The zero-order valence-electron chi connectivity index (χ0n) is 17.3. The van der Waals surface area contributed by atoms with E-state index >= 15 is 0 Å². The Labute approximate surface area is 174 Å². The molecule has 2 saturated carbocycles. The van der Waals surface area contributed by atoms with E-state index in [1.54, 1.807) is 7.11 Å². The van der Waals surface area contributed by atoms with Gasteiger partial charge in [0.2, 0.25) is 0 Å². The number of aryl methyl sites for hydroxylation is 1. The number of hydrogen-bond acceptors (Lipinski definition) is 4. The molecular formula is C22H27F3N4O. The van der Waals surface area contributed by atoms with Crippen molar-refractivity contribution in [1.82, 2.24) is 19.4 Å². The Bertz CT molecular complexity index is 925. The molecule has 3 atom stereocenters. The predicted molar refractivity (Wildman–Crippen MR) is 106 cm³/mol. The van der Waals surface area contributed by atoms with Crippen molar-refractivity contribution in [1.29, 1.82) is 0 Å². The monoisotopic (exact) mass is 420 g/mol. The zero-order chi connectivity index (χ0) is 21.0. The molecule has 3 heterocycles. The van der Waals surface area contributed by atoms with Gasteiger partial charge in [0.25, 0.3) is 0 Å². The average Bonchev–Trinajstić information content (AvgIpc) is 3.54. The molecule has 162 valence electrons. The number of ether oxygens (including phenoxy) is 1. The van der Waals surface area contributed by atoms with E-state index in [2.05, 4.69) is 14.5 Å². The second-order valence-electron chi connectivity index (χ2n) is 9.02. The summed E-state index contributed by atoms with van der Waals surface area (Å²) in [5.41, 5.74) is 0.355. The number of alkyl halides is 3. The van der Waals surface area contributed by atoms with Crippen molar-refractivity contribution in [3.05, 3.63) is 35.5 Å². The highest BCUT2D eigenvalue weighted by molar-refractivity contribution is 5.59. The summed E-state index contributed by atoms with van der Waals surface area (Å²) >= 11 is 0. The summed E-state index contributed by atoms with van der Waals surface area (Å²) in [5.74, 6) is 2.88. The number of imidazole rings is 1. The van der Waals surface area contributed by atoms with Gasteiger partial charge in [-0.05, 0) is 43.6 Å². The molecule has 0 N–H and O–H groups in total. The first-order valence-electron chi connectivity index (χ1n) is 10.7. The summed E-state index contributed by atoms with van der Waals surface area (Å²) in [4.78, 5) is 11.2. The first-order valence-corrected chi connectivity index (χ1v) is 10.7. The Kier molecular flexibility index (Phi) is 4.89. The van der Waals surface area contributed by atoms with Crippen molar-refractivity contribution in [2.24, 2.45) is 17.8 Å². The molecule has 0 unspecified atom stereocenters. The maximum absolute atomic E-state index is 13.3. The van der Waals surface area contributed by atoms with E-state index in [1.807, 2.05) is 6.20 Å². The van der Waals surface area contributed by atoms with Gasteiger partial charge in [-0.3, -0.25) is 4.98 Å². The van der Waals surface area contributed by atoms with E-state index in [1.165, 1.54) is 32.0 Å². The highest BCUT2D eigenvalue weighted by Crippen LogP contribution is 2.56. The summed E-state index contributed by atoms with van der Waals surface area (Å²) in [6.45, 7) is 5.20. The van der Waals surface area contributed by atoms with Gasteiger partial charge in [0.15, 0.2) is 0 Å². The molecule has 5 nitrogen and oxygen atoms in total. The van der Waals surface area contributed by atoms with Crippen LogP contribution in [0.1, 0.15) is 36.0 Å². The largest absolute Gasteiger partial charge is 0.418 e. The number of fused-ring (bicyclic) bond motifs is 1. The van der Waals surface area contributed by atoms with Crippen LogP contribution < -0.4 is 0 Å². The molecule has 1 saturated heterocycles. The van der Waals surface area contributed by atoms with Crippen LogP contribution in [0.25, 0.3) is 11.3 Å². The van der Waals surface area contributed by atoms with Crippen molar-refractivity contribution < 1.29 is 17.9 Å². The highest BCUT2D eigenvalue weighted by Gasteiger charge is 2.57. The van der Waals surface area contributed by atoms with Crippen molar-refractivity contribution in [2.45, 2.75) is 38.4 Å². The van der Waals surface area contributed by atoms with Gasteiger partial charge in [0.1, 0.15) is 5.82 Å². The van der Waals surface area contributed by atoms with E-state index in [-0.39, 0.29) is 5.69 Å². The maximum atomic E-state index is 13.3. The number of piperidine rings is 1. The fraction of sp³-hybridized carbons (Fsp3) is 0.636. The molecule has 0 aromatic carbocycles. The Morgan fingerprint density at radius 1 is 1.20 bits per heavy atom. The second kappa shape index (κ2) is 7.34. The fourth-order valence-corrected chi connectivity index (χ4v) is 4.92. The van der Waals surface area contributed by atoms with Crippen molar-refractivity contribution >= 4 is 0 Å². The summed E-state index contributed by atoms with van der Waals surface area (Å²) in [7, 11) is 1.72. The van der Waals surface area contributed by atoms with Crippen molar-refractivity contribution in [3.8, 4) is 11.3 Å². The summed E-state index contributed by atoms with van der Waals surface area (Å²) in [5, 5.41) is 0. The minimum atomic E-state index is -4.41. The third kappa shape index (κ3) is 3.75. The zero-order valence-corrected chi connectivity index (χ0v) is 17.3. The van der Waals surface area contributed by atoms with Crippen LogP contribution in [0.2, 0.25) is 0 Å². The van der Waals surface area contributed by atoms with Gasteiger partial charge in [0, 0.05) is 62.9 Å². The van der Waals surface area contributed by atoms with Gasteiger partial charge in [-0.15, -0.1) is 0 Å². The van der Waals surface area contributed by atoms with E-state index in [0.717, 1.165) is 38.5 Å². The summed E-state index contributed by atoms with van der Waals surface area (Å²) in [6.07, 6.45) is 2.41. The van der Waals surface area contributed by atoms with Crippen LogP contribution in [0.4, 0.5) is 13.2 Å². The third-order valence-electron chi connectivity index (χ3n) is 6.82. The molecule has 0 radical (unpaired) electrons. The number of hydrogen-bond donors (Lipinski definition) is 0. The smallest absolute Gasteiger partial charge is 0.383 e. The van der Waals surface area contributed by atoms with Crippen LogP contribution in [0.5, 0.6) is 0 Å². The van der Waals surface area contributed by atoms with E-state index in [4.69, 9.17) is 9.72 Å². The standard InChI is InChI=1S/C22H27F3N4O/c1-13-18(22(23,24)25)8-15(9-26-13)19-12-29(20(27-19)7-14-3-4-14)21-16-10-28(5-6-30-2)11-17(16)21/h8-9,12,14,16-17,21H,3-7,10-11H2,1-2H3/t16-,17+,21+. The van der Waals surface area contributed by atoms with Gasteiger partial charge >= 0.3 is 6.18 Å². The third-order valence-corrected chi connectivity index (χ3v) is 6.82. The molecule has 2 aliphatic carbocycles. The van der Waals surface area contributed by atoms with Crippen LogP contribution in [0.15, 0.2) is 18.5 Å². The van der Waals surface area contributed by atoms with Crippen molar-refractivity contribution in [2.75, 3.05) is 33.4 Å². The second-order valence-corrected chi connectivity index (χ2v) is 9.02. The molecule has 8 heteroatoms. The Morgan fingerprint density at radius 3 is 2.57 bits per heavy atom. The lowest BCUT2D eigenvalue weighted by Gasteiger charge is -2.20. The maximum Gasteiger partial charge on any atom is 0.418 e. The van der Waals surface area contributed by atoms with Gasteiger partial charge in [-0.2, -0.15) is 13.2 Å². The first-order chi connectivity index (χ1) is 14.3. The number of nitrogens with zero attached hydrogens (tertiary/aromatic N) is 4. The molecule has 30 heavy (non-hydrogen) atoms. The van der Waals surface area contributed by atoms with E-state index in [0.29, 0.717) is 35.1 Å². The molecule has 3 fully saturated rings. The number of aromatic nitrogens is 3. The Hall–Kier alpha value is -1.93. The first kappa shape index (κ1) is 20.0. The van der Waals surface area contributed by atoms with Gasteiger partial charge in [-0.1, -0.05) is 0 Å². The molecule has 0 bridgehead atoms. The average molecular weight is 420 g/mol. The van der Waals surface area contributed by atoms with Gasteiger partial charge < -0.3 is 14.2 Å². The molecule has 0 amide bonds. The van der Waals surface area contributed by atoms with Crippen molar-refractivity contribution in [3.63, 3.8) is 0 Å². The number of halogens is 3. The molecule has 3 aliphatic rings. The molecule has 2 aromatic rings. The number of likely N-dealkylation sites (tertiary alicyclic amines) is 1. The summed E-state index contributed by atoms with van der Waals surface area (Å²) < 4.78 is 47.5. The summed E-state index contributed by atoms with van der Waals surface area (Å²) in [6, 6.07) is 1.61. The predicted octanol–water partition coefficient (Wildman–Crippen LogP) is 3.97. The highest BCUT2D eigenvalue weighted by atomic mass is 19.4. The molecule has 5 rings (SSSR count). The molecule has 2 aromatic heterocycles. The number of methoxy groups -OCH3 is 1. The van der Waals surface area contributed by atoms with E-state index in [9.17, 15) is 13.2 Å². The lowest BCUT2D eigenvalue weighted by Crippen LogP contribution is -2.28.